The fraction of sp³-hybridized carbons (Fsp3) is 0.381. The highest BCUT2D eigenvalue weighted by Gasteiger charge is 2.13. The van der Waals surface area contributed by atoms with E-state index >= 15 is 0 Å². The molecule has 24 heavy (non-hydrogen) atoms. The molecule has 3 nitrogen and oxygen atoms in total. The molecule has 2 atom stereocenters. The van der Waals surface area contributed by atoms with E-state index in [1.165, 1.54) is 5.56 Å². The molecule has 0 fully saturated rings. The van der Waals surface area contributed by atoms with E-state index in [-0.39, 0.29) is 17.9 Å². The summed E-state index contributed by atoms with van der Waals surface area (Å²) in [5, 5.41) is 0. The highest BCUT2D eigenvalue weighted by atomic mass is 16.5. The Morgan fingerprint density at radius 3 is 2.42 bits per heavy atom. The third kappa shape index (κ3) is 5.50. The molecule has 2 aromatic rings. The van der Waals surface area contributed by atoms with Crippen LogP contribution in [0.3, 0.4) is 0 Å². The molecular formula is C21H27NO2. The molecule has 0 spiro atoms. The van der Waals surface area contributed by atoms with E-state index in [0.717, 1.165) is 12.0 Å². The van der Waals surface area contributed by atoms with Crippen molar-refractivity contribution >= 4 is 5.97 Å². The van der Waals surface area contributed by atoms with Crippen molar-refractivity contribution < 1.29 is 9.53 Å². The second kappa shape index (κ2) is 8.65. The van der Waals surface area contributed by atoms with E-state index in [9.17, 15) is 4.79 Å². The van der Waals surface area contributed by atoms with Gasteiger partial charge >= 0.3 is 5.97 Å². The molecule has 0 aliphatic carbocycles. The monoisotopic (exact) mass is 325 g/mol. The van der Waals surface area contributed by atoms with Crippen molar-refractivity contribution in [3.63, 3.8) is 0 Å². The lowest BCUT2D eigenvalue weighted by atomic mass is 9.98. The first kappa shape index (κ1) is 18.2. The second-order valence-corrected chi connectivity index (χ2v) is 6.69. The van der Waals surface area contributed by atoms with E-state index in [4.69, 9.17) is 4.74 Å². The largest absolute Gasteiger partial charge is 0.427 e. The second-order valence-electron chi connectivity index (χ2n) is 6.69. The molecule has 0 aliphatic heterocycles. The minimum absolute atomic E-state index is 0.173. The lowest BCUT2D eigenvalue weighted by molar-refractivity contribution is -0.135. The van der Waals surface area contributed by atoms with E-state index in [2.05, 4.69) is 36.9 Å². The number of benzene rings is 2. The van der Waals surface area contributed by atoms with Gasteiger partial charge in [0.2, 0.25) is 0 Å². The average molecular weight is 325 g/mol. The number of carbonyl (C=O) groups is 1. The maximum absolute atomic E-state index is 12.2. The van der Waals surface area contributed by atoms with Crippen molar-refractivity contribution in [2.45, 2.75) is 32.7 Å². The fourth-order valence-corrected chi connectivity index (χ4v) is 2.68. The van der Waals surface area contributed by atoms with Crippen molar-refractivity contribution in [1.82, 2.24) is 4.90 Å². The van der Waals surface area contributed by atoms with Crippen molar-refractivity contribution in [2.24, 2.45) is 5.92 Å². The highest BCUT2D eigenvalue weighted by Crippen LogP contribution is 2.23. The molecule has 0 bridgehead atoms. The van der Waals surface area contributed by atoms with Gasteiger partial charge in [-0.2, -0.15) is 0 Å². The summed E-state index contributed by atoms with van der Waals surface area (Å²) in [5.74, 6) is 0.704. The standard InChI is InChI=1S/C21H27NO2/c1-16(13-18-9-6-5-7-10-18)14-21(23)24-20-12-8-11-19(15-20)17(2)22(3)4/h5-12,15-17H,13-14H2,1-4H3/t16-,17-/m0/s1. The molecule has 0 saturated carbocycles. The molecule has 3 heteroatoms. The number of carbonyl (C=O) groups excluding carboxylic acids is 1. The summed E-state index contributed by atoms with van der Waals surface area (Å²) in [4.78, 5) is 14.3. The summed E-state index contributed by atoms with van der Waals surface area (Å²) < 4.78 is 5.54. The van der Waals surface area contributed by atoms with Crippen LogP contribution in [0.1, 0.15) is 37.4 Å². The third-order valence-electron chi connectivity index (χ3n) is 4.29. The average Bonchev–Trinajstić information content (AvgIpc) is 2.54. The molecule has 0 amide bonds. The molecule has 0 heterocycles. The predicted octanol–water partition coefficient (Wildman–Crippen LogP) is 4.48. The molecule has 0 aromatic heterocycles. The van der Waals surface area contributed by atoms with Crippen molar-refractivity contribution in [3.8, 4) is 5.75 Å². The van der Waals surface area contributed by atoms with Crippen molar-refractivity contribution in [1.29, 1.82) is 0 Å². The SMILES string of the molecule is C[C@H](CC(=O)Oc1cccc([C@H](C)N(C)C)c1)Cc1ccccc1. The summed E-state index contributed by atoms with van der Waals surface area (Å²) in [7, 11) is 4.07. The summed E-state index contributed by atoms with van der Waals surface area (Å²) in [6.07, 6.45) is 1.30. The normalized spacial score (nSPS) is 13.5. The number of hydrogen-bond donors (Lipinski definition) is 0. The van der Waals surface area contributed by atoms with Gasteiger partial charge in [-0.3, -0.25) is 4.79 Å². The molecular weight excluding hydrogens is 298 g/mol. The molecule has 2 aromatic carbocycles. The molecule has 128 valence electrons. The number of hydrogen-bond acceptors (Lipinski definition) is 3. The third-order valence-corrected chi connectivity index (χ3v) is 4.29. The number of esters is 1. The zero-order valence-electron chi connectivity index (χ0n) is 15.0. The predicted molar refractivity (Wildman–Crippen MR) is 98.1 cm³/mol. The van der Waals surface area contributed by atoms with E-state index < -0.39 is 0 Å². The van der Waals surface area contributed by atoms with Crippen LogP contribution in [-0.4, -0.2) is 25.0 Å². The zero-order chi connectivity index (χ0) is 17.5. The Kier molecular flexibility index (Phi) is 6.56. The van der Waals surface area contributed by atoms with Gasteiger partial charge in [0.05, 0.1) is 0 Å². The molecule has 0 aliphatic rings. The lowest BCUT2D eigenvalue weighted by Crippen LogP contribution is -2.17. The molecule has 2 rings (SSSR count). The van der Waals surface area contributed by atoms with Crippen LogP contribution in [-0.2, 0) is 11.2 Å². The molecule has 0 radical (unpaired) electrons. The van der Waals surface area contributed by atoms with Gasteiger partial charge in [0.15, 0.2) is 0 Å². The van der Waals surface area contributed by atoms with Crippen LogP contribution in [0.25, 0.3) is 0 Å². The Balaban J connectivity index is 1.91. The van der Waals surface area contributed by atoms with Crippen LogP contribution < -0.4 is 4.74 Å². The Hall–Kier alpha value is -2.13. The Bertz CT molecular complexity index is 652. The van der Waals surface area contributed by atoms with Crippen LogP contribution in [0.4, 0.5) is 0 Å². The Morgan fingerprint density at radius 1 is 1.04 bits per heavy atom. The van der Waals surface area contributed by atoms with Crippen LogP contribution in [0.2, 0.25) is 0 Å². The zero-order valence-corrected chi connectivity index (χ0v) is 15.0. The minimum Gasteiger partial charge on any atom is -0.427 e. The summed E-state index contributed by atoms with van der Waals surface area (Å²) >= 11 is 0. The Morgan fingerprint density at radius 2 is 1.75 bits per heavy atom. The van der Waals surface area contributed by atoms with Gasteiger partial charge in [0.25, 0.3) is 0 Å². The van der Waals surface area contributed by atoms with Crippen LogP contribution in [0, 0.1) is 5.92 Å². The van der Waals surface area contributed by atoms with Gasteiger partial charge in [-0.1, -0.05) is 49.4 Å². The van der Waals surface area contributed by atoms with Crippen LogP contribution >= 0.6 is 0 Å². The highest BCUT2D eigenvalue weighted by molar-refractivity contribution is 5.72. The first-order valence-electron chi connectivity index (χ1n) is 8.46. The van der Waals surface area contributed by atoms with Crippen LogP contribution in [0.15, 0.2) is 54.6 Å². The topological polar surface area (TPSA) is 29.5 Å². The first-order valence-corrected chi connectivity index (χ1v) is 8.46. The van der Waals surface area contributed by atoms with Gasteiger partial charge in [-0.25, -0.2) is 0 Å². The minimum atomic E-state index is -0.173. The van der Waals surface area contributed by atoms with Gasteiger partial charge in [-0.05, 0) is 56.6 Å². The molecule has 0 N–H and O–H groups in total. The van der Waals surface area contributed by atoms with Gasteiger partial charge < -0.3 is 9.64 Å². The number of nitrogens with zero attached hydrogens (tertiary/aromatic N) is 1. The maximum atomic E-state index is 12.2. The quantitative estimate of drug-likeness (QED) is 0.555. The number of ether oxygens (including phenoxy) is 1. The summed E-state index contributed by atoms with van der Waals surface area (Å²) in [6.45, 7) is 4.21. The number of rotatable bonds is 7. The van der Waals surface area contributed by atoms with Gasteiger partial charge in [0.1, 0.15) is 5.75 Å². The summed E-state index contributed by atoms with van der Waals surface area (Å²) in [5.41, 5.74) is 2.39. The van der Waals surface area contributed by atoms with E-state index in [0.29, 0.717) is 12.2 Å². The first-order chi connectivity index (χ1) is 11.5. The van der Waals surface area contributed by atoms with Crippen molar-refractivity contribution in [2.75, 3.05) is 14.1 Å². The Labute approximate surface area is 145 Å². The van der Waals surface area contributed by atoms with Gasteiger partial charge in [0, 0.05) is 12.5 Å². The van der Waals surface area contributed by atoms with E-state index in [1.54, 1.807) is 0 Å². The molecule has 0 saturated heterocycles. The van der Waals surface area contributed by atoms with Crippen molar-refractivity contribution in [3.05, 3.63) is 65.7 Å². The summed E-state index contributed by atoms with van der Waals surface area (Å²) in [6, 6.07) is 18.3. The smallest absolute Gasteiger partial charge is 0.311 e. The van der Waals surface area contributed by atoms with E-state index in [1.807, 2.05) is 50.5 Å². The van der Waals surface area contributed by atoms with Crippen LogP contribution in [0.5, 0.6) is 5.75 Å². The fourth-order valence-electron chi connectivity index (χ4n) is 2.68. The molecule has 0 unspecified atom stereocenters. The maximum Gasteiger partial charge on any atom is 0.311 e. The lowest BCUT2D eigenvalue weighted by Gasteiger charge is -2.20. The van der Waals surface area contributed by atoms with Gasteiger partial charge in [-0.15, -0.1) is 0 Å².